The minimum absolute atomic E-state index is 0.541. The standard InChI is InChI=1S/C11H23N5/c1-9(2)10(3)15(4)7-11-8-16(6-5-12)14-13-11/h8-10H,5-7,12H2,1-4H3. The Morgan fingerprint density at radius 1 is 1.44 bits per heavy atom. The van der Waals surface area contributed by atoms with Gasteiger partial charge in [0.25, 0.3) is 0 Å². The topological polar surface area (TPSA) is 60.0 Å². The van der Waals surface area contributed by atoms with Crippen molar-refractivity contribution < 1.29 is 0 Å². The highest BCUT2D eigenvalue weighted by Crippen LogP contribution is 2.10. The Bertz CT molecular complexity index is 307. The summed E-state index contributed by atoms with van der Waals surface area (Å²) in [6, 6.07) is 0.541. The van der Waals surface area contributed by atoms with Crippen LogP contribution in [0.25, 0.3) is 0 Å². The highest BCUT2D eigenvalue weighted by atomic mass is 15.4. The first-order valence-corrected chi connectivity index (χ1v) is 5.84. The summed E-state index contributed by atoms with van der Waals surface area (Å²) in [5.74, 6) is 0.643. The summed E-state index contributed by atoms with van der Waals surface area (Å²) in [6.45, 7) is 8.86. The zero-order valence-electron chi connectivity index (χ0n) is 10.7. The van der Waals surface area contributed by atoms with Gasteiger partial charge >= 0.3 is 0 Å². The van der Waals surface area contributed by atoms with Crippen LogP contribution in [0.5, 0.6) is 0 Å². The molecule has 16 heavy (non-hydrogen) atoms. The first-order valence-electron chi connectivity index (χ1n) is 5.84. The largest absolute Gasteiger partial charge is 0.329 e. The van der Waals surface area contributed by atoms with Gasteiger partial charge in [-0.2, -0.15) is 0 Å². The molecule has 0 aromatic carbocycles. The van der Waals surface area contributed by atoms with E-state index in [0.29, 0.717) is 18.5 Å². The highest BCUT2D eigenvalue weighted by molar-refractivity contribution is 4.92. The summed E-state index contributed by atoms with van der Waals surface area (Å²) < 4.78 is 1.79. The minimum Gasteiger partial charge on any atom is -0.329 e. The normalized spacial score (nSPS) is 13.7. The molecule has 5 heteroatoms. The number of hydrogen-bond donors (Lipinski definition) is 1. The van der Waals surface area contributed by atoms with E-state index in [1.54, 1.807) is 4.68 Å². The van der Waals surface area contributed by atoms with Crippen molar-refractivity contribution >= 4 is 0 Å². The van der Waals surface area contributed by atoms with Crippen LogP contribution in [0.15, 0.2) is 6.20 Å². The maximum atomic E-state index is 5.46. The molecule has 1 heterocycles. The van der Waals surface area contributed by atoms with Crippen LogP contribution in [-0.4, -0.2) is 39.5 Å². The van der Waals surface area contributed by atoms with Crippen LogP contribution in [-0.2, 0) is 13.1 Å². The molecule has 0 fully saturated rings. The maximum Gasteiger partial charge on any atom is 0.0967 e. The van der Waals surface area contributed by atoms with E-state index in [2.05, 4.69) is 43.0 Å². The van der Waals surface area contributed by atoms with Crippen LogP contribution in [0.3, 0.4) is 0 Å². The van der Waals surface area contributed by atoms with Crippen molar-refractivity contribution in [2.45, 2.75) is 39.9 Å². The van der Waals surface area contributed by atoms with E-state index in [1.807, 2.05) is 6.20 Å². The molecule has 0 saturated heterocycles. The summed E-state index contributed by atoms with van der Waals surface area (Å²) in [6.07, 6.45) is 1.97. The van der Waals surface area contributed by atoms with Gasteiger partial charge in [-0.15, -0.1) is 5.10 Å². The van der Waals surface area contributed by atoms with Crippen LogP contribution in [0.1, 0.15) is 26.5 Å². The van der Waals surface area contributed by atoms with E-state index in [-0.39, 0.29) is 0 Å². The molecule has 0 spiro atoms. The van der Waals surface area contributed by atoms with Crippen molar-refractivity contribution in [1.29, 1.82) is 0 Å². The van der Waals surface area contributed by atoms with Gasteiger partial charge < -0.3 is 5.73 Å². The lowest BCUT2D eigenvalue weighted by atomic mass is 10.1. The number of nitrogens with two attached hydrogens (primary N) is 1. The molecule has 5 nitrogen and oxygen atoms in total. The van der Waals surface area contributed by atoms with Crippen molar-refractivity contribution in [3.05, 3.63) is 11.9 Å². The quantitative estimate of drug-likeness (QED) is 0.774. The highest BCUT2D eigenvalue weighted by Gasteiger charge is 2.14. The monoisotopic (exact) mass is 225 g/mol. The zero-order chi connectivity index (χ0) is 12.1. The second-order valence-electron chi connectivity index (χ2n) is 4.66. The molecule has 0 saturated carbocycles. The lowest BCUT2D eigenvalue weighted by Crippen LogP contribution is -2.32. The van der Waals surface area contributed by atoms with E-state index in [9.17, 15) is 0 Å². The Kier molecular flexibility index (Phi) is 4.89. The number of nitrogens with zero attached hydrogens (tertiary/aromatic N) is 4. The van der Waals surface area contributed by atoms with Gasteiger partial charge in [0.1, 0.15) is 0 Å². The van der Waals surface area contributed by atoms with Crippen LogP contribution in [0.4, 0.5) is 0 Å². The first kappa shape index (κ1) is 13.1. The molecule has 1 atom stereocenters. The van der Waals surface area contributed by atoms with Gasteiger partial charge in [-0.3, -0.25) is 9.58 Å². The van der Waals surface area contributed by atoms with Gasteiger partial charge in [-0.25, -0.2) is 0 Å². The molecular formula is C11H23N5. The predicted octanol–water partition coefficient (Wildman–Crippen LogP) is 0.713. The molecule has 0 radical (unpaired) electrons. The third-order valence-corrected chi connectivity index (χ3v) is 3.02. The second-order valence-corrected chi connectivity index (χ2v) is 4.66. The number of aromatic nitrogens is 3. The number of hydrogen-bond acceptors (Lipinski definition) is 4. The molecule has 0 aliphatic heterocycles. The molecule has 0 amide bonds. The lowest BCUT2D eigenvalue weighted by Gasteiger charge is -2.26. The zero-order valence-corrected chi connectivity index (χ0v) is 10.7. The van der Waals surface area contributed by atoms with Crippen LogP contribution in [0.2, 0.25) is 0 Å². The van der Waals surface area contributed by atoms with E-state index >= 15 is 0 Å². The first-order chi connectivity index (χ1) is 7.54. The van der Waals surface area contributed by atoms with E-state index in [4.69, 9.17) is 5.73 Å². The summed E-state index contributed by atoms with van der Waals surface area (Å²) in [7, 11) is 2.12. The minimum atomic E-state index is 0.541. The van der Waals surface area contributed by atoms with E-state index < -0.39 is 0 Å². The average molecular weight is 225 g/mol. The Balaban J connectivity index is 2.52. The fraction of sp³-hybridized carbons (Fsp3) is 0.818. The predicted molar refractivity (Wildman–Crippen MR) is 64.8 cm³/mol. The Labute approximate surface area is 97.6 Å². The van der Waals surface area contributed by atoms with Crippen molar-refractivity contribution in [2.24, 2.45) is 11.7 Å². The van der Waals surface area contributed by atoms with Gasteiger partial charge in [0, 0.05) is 25.3 Å². The lowest BCUT2D eigenvalue weighted by molar-refractivity contribution is 0.198. The summed E-state index contributed by atoms with van der Waals surface area (Å²) in [5.41, 5.74) is 6.46. The van der Waals surface area contributed by atoms with Crippen LogP contribution >= 0.6 is 0 Å². The third-order valence-electron chi connectivity index (χ3n) is 3.02. The van der Waals surface area contributed by atoms with Crippen molar-refractivity contribution in [3.63, 3.8) is 0 Å². The van der Waals surface area contributed by atoms with E-state index in [0.717, 1.165) is 18.8 Å². The summed E-state index contributed by atoms with van der Waals surface area (Å²) in [5, 5.41) is 8.16. The smallest absolute Gasteiger partial charge is 0.0967 e. The van der Waals surface area contributed by atoms with Crippen molar-refractivity contribution in [3.8, 4) is 0 Å². The van der Waals surface area contributed by atoms with E-state index in [1.165, 1.54) is 0 Å². The van der Waals surface area contributed by atoms with Gasteiger partial charge in [0.05, 0.1) is 12.2 Å². The van der Waals surface area contributed by atoms with Crippen LogP contribution in [0, 0.1) is 5.92 Å². The van der Waals surface area contributed by atoms with Gasteiger partial charge in [-0.05, 0) is 19.9 Å². The molecule has 0 aliphatic rings. The Hall–Kier alpha value is -0.940. The third kappa shape index (κ3) is 3.57. The Morgan fingerprint density at radius 3 is 2.69 bits per heavy atom. The molecule has 92 valence electrons. The SMILES string of the molecule is CC(C)C(C)N(C)Cc1cn(CCN)nn1. The summed E-state index contributed by atoms with van der Waals surface area (Å²) >= 11 is 0. The molecule has 1 aromatic rings. The van der Waals surface area contributed by atoms with Crippen LogP contribution < -0.4 is 5.73 Å². The molecular weight excluding hydrogens is 202 g/mol. The Morgan fingerprint density at radius 2 is 2.12 bits per heavy atom. The fourth-order valence-corrected chi connectivity index (χ4v) is 1.56. The van der Waals surface area contributed by atoms with Crippen molar-refractivity contribution in [2.75, 3.05) is 13.6 Å². The number of rotatable bonds is 6. The van der Waals surface area contributed by atoms with Gasteiger partial charge in [0.15, 0.2) is 0 Å². The van der Waals surface area contributed by atoms with Crippen molar-refractivity contribution in [1.82, 2.24) is 19.9 Å². The van der Waals surface area contributed by atoms with Gasteiger partial charge in [0.2, 0.25) is 0 Å². The summed E-state index contributed by atoms with van der Waals surface area (Å²) in [4.78, 5) is 2.29. The van der Waals surface area contributed by atoms with Gasteiger partial charge in [-0.1, -0.05) is 19.1 Å². The molecule has 0 bridgehead atoms. The molecule has 0 aliphatic carbocycles. The molecule has 1 unspecified atom stereocenters. The second kappa shape index (κ2) is 5.96. The molecule has 1 aromatic heterocycles. The molecule has 2 N–H and O–H groups in total. The maximum absolute atomic E-state index is 5.46. The molecule has 1 rings (SSSR count). The fourth-order valence-electron chi connectivity index (χ4n) is 1.56. The average Bonchev–Trinajstić information content (AvgIpc) is 2.65.